The number of halogens is 2. The van der Waals surface area contributed by atoms with Crippen LogP contribution in [0.3, 0.4) is 0 Å². The Labute approximate surface area is 216 Å². The van der Waals surface area contributed by atoms with Crippen molar-refractivity contribution < 1.29 is 33.0 Å². The first-order valence-corrected chi connectivity index (χ1v) is 13.1. The van der Waals surface area contributed by atoms with Crippen molar-refractivity contribution in [3.63, 3.8) is 0 Å². The summed E-state index contributed by atoms with van der Waals surface area (Å²) in [5.41, 5.74) is -3.16. The summed E-state index contributed by atoms with van der Waals surface area (Å²) in [5, 5.41) is 13.2. The van der Waals surface area contributed by atoms with E-state index in [9.17, 15) is 24.1 Å². The van der Waals surface area contributed by atoms with Crippen molar-refractivity contribution >= 4 is 36.9 Å². The van der Waals surface area contributed by atoms with Crippen LogP contribution >= 0.6 is 30.9 Å². The molecular weight excluding hydrogens is 540 g/mol. The first-order chi connectivity index (χ1) is 16.8. The van der Waals surface area contributed by atoms with Gasteiger partial charge in [0.2, 0.25) is 0 Å². The van der Waals surface area contributed by atoms with Crippen LogP contribution in [0.1, 0.15) is 27.0 Å². The van der Waals surface area contributed by atoms with Crippen LogP contribution in [0, 0.1) is 0 Å². The molecule has 1 fully saturated rings. The molecule has 15 heteroatoms. The third-order valence-corrected chi connectivity index (χ3v) is 7.68. The predicted molar refractivity (Wildman–Crippen MR) is 130 cm³/mol. The Kier molecular flexibility index (Phi) is 8.72. The van der Waals surface area contributed by atoms with Crippen LogP contribution in [0.5, 0.6) is 5.75 Å². The minimum absolute atomic E-state index is 0.0870. The highest BCUT2D eigenvalue weighted by atomic mass is 35.5. The molecule has 1 aliphatic heterocycles. The SMILES string of the molecule is CCOC(=O)C(C)(C)NP(=O)(OC[C@H]1O[C@@H](n2c(=O)cc[nH]c2=O)C(Cl)(Cl)[C@@H]1O)Oc1ccccc1. The van der Waals surface area contributed by atoms with Gasteiger partial charge >= 0.3 is 19.4 Å². The number of aromatic nitrogens is 2. The molecule has 1 aromatic heterocycles. The minimum Gasteiger partial charge on any atom is -0.465 e. The zero-order valence-electron chi connectivity index (χ0n) is 19.6. The number of benzene rings is 1. The molecule has 3 N–H and O–H groups in total. The van der Waals surface area contributed by atoms with Gasteiger partial charge in [-0.25, -0.2) is 13.9 Å². The molecule has 1 saturated heterocycles. The fourth-order valence-corrected chi connectivity index (χ4v) is 5.58. The fraction of sp³-hybridized carbons (Fsp3) is 0.476. The van der Waals surface area contributed by atoms with E-state index in [1.165, 1.54) is 26.0 Å². The number of hydrogen-bond donors (Lipinski definition) is 3. The van der Waals surface area contributed by atoms with Crippen LogP contribution in [-0.4, -0.2) is 55.9 Å². The summed E-state index contributed by atoms with van der Waals surface area (Å²) in [6, 6.07) is 9.06. The number of esters is 1. The van der Waals surface area contributed by atoms with Crippen LogP contribution in [-0.2, 0) is 23.4 Å². The second kappa shape index (κ2) is 11.1. The zero-order chi connectivity index (χ0) is 26.7. The summed E-state index contributed by atoms with van der Waals surface area (Å²) in [6.45, 7) is 3.93. The number of nitrogens with zero attached hydrogens (tertiary/aromatic N) is 1. The Morgan fingerprint density at radius 1 is 1.28 bits per heavy atom. The van der Waals surface area contributed by atoms with Crippen molar-refractivity contribution in [3.05, 3.63) is 63.4 Å². The first kappa shape index (κ1) is 28.4. The normalized spacial score (nSPS) is 23.1. The Bertz CT molecular complexity index is 1210. The van der Waals surface area contributed by atoms with Gasteiger partial charge < -0.3 is 24.1 Å². The number of carbonyl (C=O) groups is 1. The third-order valence-electron chi connectivity index (χ3n) is 5.08. The standard InChI is InChI=1S/C21H26Cl2N3O9P/c1-4-32-18(29)20(2,3)25-36(31,35-13-8-6-5-7-9-13)33-12-14-16(28)21(22,23)17(34-14)26-15(27)10-11-24-19(26)30/h5-11,14,16-17,28H,4,12H2,1-3H3,(H,24,30)(H,25,31)/t14-,16-,17-,36?/m1/s1. The number of rotatable bonds is 10. The number of aromatic amines is 1. The quantitative estimate of drug-likeness (QED) is 0.221. The minimum atomic E-state index is -4.34. The predicted octanol–water partition coefficient (Wildman–Crippen LogP) is 2.10. The molecule has 0 amide bonds. The van der Waals surface area contributed by atoms with Crippen molar-refractivity contribution in [1.29, 1.82) is 0 Å². The fourth-order valence-electron chi connectivity index (χ4n) is 3.32. The average molecular weight is 566 g/mol. The summed E-state index contributed by atoms with van der Waals surface area (Å²) >= 11 is 12.5. The molecule has 0 radical (unpaired) electrons. The Morgan fingerprint density at radius 3 is 2.56 bits per heavy atom. The van der Waals surface area contributed by atoms with E-state index in [2.05, 4.69) is 10.1 Å². The van der Waals surface area contributed by atoms with Gasteiger partial charge in [0.15, 0.2) is 10.6 Å². The molecule has 2 aromatic rings. The van der Waals surface area contributed by atoms with E-state index in [4.69, 9.17) is 41.7 Å². The van der Waals surface area contributed by atoms with Gasteiger partial charge in [-0.3, -0.25) is 14.1 Å². The Morgan fingerprint density at radius 2 is 1.94 bits per heavy atom. The number of carbonyl (C=O) groups excluding carboxylic acids is 1. The van der Waals surface area contributed by atoms with Gasteiger partial charge in [0.25, 0.3) is 5.56 Å². The molecule has 3 rings (SSSR count). The smallest absolute Gasteiger partial charge is 0.459 e. The van der Waals surface area contributed by atoms with Gasteiger partial charge in [-0.1, -0.05) is 41.4 Å². The number of hydrogen-bond acceptors (Lipinski definition) is 9. The maximum absolute atomic E-state index is 13.7. The van der Waals surface area contributed by atoms with E-state index < -0.39 is 59.9 Å². The number of ether oxygens (including phenoxy) is 2. The highest BCUT2D eigenvalue weighted by Gasteiger charge is 2.57. The third kappa shape index (κ3) is 6.20. The monoisotopic (exact) mass is 565 g/mol. The molecule has 12 nitrogen and oxygen atoms in total. The number of para-hydroxylation sites is 1. The molecule has 1 aliphatic rings. The molecule has 4 atom stereocenters. The lowest BCUT2D eigenvalue weighted by atomic mass is 10.1. The lowest BCUT2D eigenvalue weighted by Gasteiger charge is -2.29. The molecule has 0 aliphatic carbocycles. The largest absolute Gasteiger partial charge is 0.465 e. The van der Waals surface area contributed by atoms with Crippen molar-refractivity contribution in [2.75, 3.05) is 13.2 Å². The Hall–Kier alpha value is -2.18. The number of nitrogens with one attached hydrogen (secondary N) is 2. The summed E-state index contributed by atoms with van der Waals surface area (Å²) in [6.07, 6.45) is -3.50. The molecule has 0 spiro atoms. The summed E-state index contributed by atoms with van der Waals surface area (Å²) in [7, 11) is -4.34. The molecule has 1 unspecified atom stereocenters. The van der Waals surface area contributed by atoms with E-state index in [0.717, 1.165) is 12.3 Å². The molecule has 1 aromatic carbocycles. The first-order valence-electron chi connectivity index (χ1n) is 10.8. The lowest BCUT2D eigenvalue weighted by molar-refractivity contribution is -0.149. The molecule has 2 heterocycles. The van der Waals surface area contributed by atoms with E-state index >= 15 is 0 Å². The topological polar surface area (TPSA) is 158 Å². The van der Waals surface area contributed by atoms with Crippen molar-refractivity contribution in [2.24, 2.45) is 0 Å². The average Bonchev–Trinajstić information content (AvgIpc) is 3.01. The number of aliphatic hydroxyl groups excluding tert-OH is 1. The maximum Gasteiger partial charge on any atom is 0.459 e. The highest BCUT2D eigenvalue weighted by Crippen LogP contribution is 2.50. The van der Waals surface area contributed by atoms with Gasteiger partial charge in [-0.05, 0) is 32.9 Å². The zero-order valence-corrected chi connectivity index (χ0v) is 22.0. The number of H-pyrrole nitrogens is 1. The van der Waals surface area contributed by atoms with Crippen LogP contribution in [0.2, 0.25) is 0 Å². The molecule has 0 bridgehead atoms. The lowest BCUT2D eigenvalue weighted by Crippen LogP contribution is -2.47. The van der Waals surface area contributed by atoms with E-state index in [0.29, 0.717) is 4.57 Å². The van der Waals surface area contributed by atoms with Gasteiger partial charge in [0, 0.05) is 12.3 Å². The van der Waals surface area contributed by atoms with E-state index in [1.54, 1.807) is 25.1 Å². The number of alkyl halides is 2. The van der Waals surface area contributed by atoms with Crippen LogP contribution in [0.15, 0.2) is 52.2 Å². The molecule has 198 valence electrons. The van der Waals surface area contributed by atoms with Crippen LogP contribution in [0.4, 0.5) is 0 Å². The molecule has 36 heavy (non-hydrogen) atoms. The van der Waals surface area contributed by atoms with E-state index in [1.807, 2.05) is 0 Å². The van der Waals surface area contributed by atoms with Gasteiger partial charge in [0.05, 0.1) is 13.2 Å². The van der Waals surface area contributed by atoms with Gasteiger partial charge in [-0.15, -0.1) is 0 Å². The second-order valence-corrected chi connectivity index (χ2v) is 11.4. The van der Waals surface area contributed by atoms with Gasteiger partial charge in [0.1, 0.15) is 23.5 Å². The summed E-state index contributed by atoms with van der Waals surface area (Å²) < 4.78 is 33.9. The van der Waals surface area contributed by atoms with Crippen molar-refractivity contribution in [1.82, 2.24) is 14.6 Å². The van der Waals surface area contributed by atoms with Crippen LogP contribution in [0.25, 0.3) is 0 Å². The number of aliphatic hydroxyl groups is 1. The molecular formula is C21H26Cl2N3O9P. The van der Waals surface area contributed by atoms with Crippen molar-refractivity contribution in [2.45, 2.75) is 49.1 Å². The second-order valence-electron chi connectivity index (χ2n) is 8.29. The van der Waals surface area contributed by atoms with Crippen molar-refractivity contribution in [3.8, 4) is 5.75 Å². The maximum atomic E-state index is 13.7. The van der Waals surface area contributed by atoms with Gasteiger partial charge in [-0.2, -0.15) is 5.09 Å². The summed E-state index contributed by atoms with van der Waals surface area (Å²) in [4.78, 5) is 39.1. The summed E-state index contributed by atoms with van der Waals surface area (Å²) in [5.74, 6) is -0.559. The highest BCUT2D eigenvalue weighted by molar-refractivity contribution is 7.52. The van der Waals surface area contributed by atoms with Crippen LogP contribution < -0.4 is 20.9 Å². The van der Waals surface area contributed by atoms with E-state index in [-0.39, 0.29) is 12.4 Å². The molecule has 0 saturated carbocycles. The Balaban J connectivity index is 1.85.